The Labute approximate surface area is 170 Å². The first-order valence-electron chi connectivity index (χ1n) is 10.7. The summed E-state index contributed by atoms with van der Waals surface area (Å²) in [5, 5.41) is 10.0. The molecule has 2 aliphatic rings. The Morgan fingerprint density at radius 2 is 1.46 bits per heavy atom. The summed E-state index contributed by atoms with van der Waals surface area (Å²) in [4.78, 5) is 0. The second-order valence-electron chi connectivity index (χ2n) is 9.26. The van der Waals surface area contributed by atoms with Crippen LogP contribution in [0, 0.1) is 0 Å². The molecule has 2 heterocycles. The Balaban J connectivity index is 1.63. The number of nitrogens with one attached hydrogen (secondary N) is 2. The van der Waals surface area contributed by atoms with E-state index in [-0.39, 0.29) is 31.0 Å². The molecular formula is C22H32B2N2O2. The fraction of sp³-hybridized carbons (Fsp3) is 0.545. The van der Waals surface area contributed by atoms with Crippen LogP contribution in [0.2, 0.25) is 5.72 Å². The van der Waals surface area contributed by atoms with Crippen LogP contribution in [-0.2, 0) is 9.31 Å². The van der Waals surface area contributed by atoms with E-state index < -0.39 is 0 Å². The number of hydrogen-bond acceptors (Lipinski definition) is 4. The normalized spacial score (nSPS) is 20.8. The van der Waals surface area contributed by atoms with Gasteiger partial charge in [0.1, 0.15) is 0 Å². The minimum atomic E-state index is -0.312. The van der Waals surface area contributed by atoms with Crippen molar-refractivity contribution in [3.05, 3.63) is 36.4 Å². The molecule has 148 valence electrons. The summed E-state index contributed by atoms with van der Waals surface area (Å²) in [7, 11) is -0.226. The summed E-state index contributed by atoms with van der Waals surface area (Å²) < 4.78 is 12.9. The van der Waals surface area contributed by atoms with Gasteiger partial charge in [-0.3, -0.25) is 0 Å². The van der Waals surface area contributed by atoms with Crippen LogP contribution in [0.15, 0.2) is 36.4 Å². The van der Waals surface area contributed by atoms with Crippen LogP contribution in [0.4, 0.5) is 11.4 Å². The van der Waals surface area contributed by atoms with Gasteiger partial charge in [0.25, 0.3) is 0 Å². The zero-order valence-electron chi connectivity index (χ0n) is 17.8. The topological polar surface area (TPSA) is 42.5 Å². The first kappa shape index (κ1) is 19.7. The van der Waals surface area contributed by atoms with Crippen LogP contribution in [0.5, 0.6) is 0 Å². The number of unbranched alkanes of at least 4 members (excludes halogenated alkanes) is 2. The SMILES string of the molecule is CCCCCC(B1Nc2cccc3cccc(c23)N1)B1OC(C)(C)C(C)(C)O1. The maximum atomic E-state index is 6.47. The minimum absolute atomic E-state index is 0.0760. The van der Waals surface area contributed by atoms with Crippen LogP contribution >= 0.6 is 0 Å². The van der Waals surface area contributed by atoms with Gasteiger partial charge in [0.15, 0.2) is 0 Å². The molecule has 1 saturated heterocycles. The van der Waals surface area contributed by atoms with Crippen molar-refractivity contribution in [1.82, 2.24) is 0 Å². The third kappa shape index (κ3) is 3.42. The third-order valence-corrected chi connectivity index (χ3v) is 6.72. The van der Waals surface area contributed by atoms with Gasteiger partial charge in [-0.2, -0.15) is 0 Å². The Morgan fingerprint density at radius 3 is 2.00 bits per heavy atom. The first-order chi connectivity index (χ1) is 13.3. The smallest absolute Gasteiger partial charge is 0.409 e. The number of anilines is 2. The van der Waals surface area contributed by atoms with Crippen LogP contribution in [0.3, 0.4) is 0 Å². The molecule has 6 heteroatoms. The molecule has 4 rings (SSSR count). The lowest BCUT2D eigenvalue weighted by atomic mass is 9.44. The van der Waals surface area contributed by atoms with Crippen molar-refractivity contribution < 1.29 is 9.31 Å². The molecule has 2 N–H and O–H groups in total. The highest BCUT2D eigenvalue weighted by Crippen LogP contribution is 2.44. The predicted octanol–water partition coefficient (Wildman–Crippen LogP) is 5.75. The van der Waals surface area contributed by atoms with Crippen molar-refractivity contribution in [2.24, 2.45) is 0 Å². The molecule has 0 saturated carbocycles. The summed E-state index contributed by atoms with van der Waals surface area (Å²) in [6, 6.07) is 12.9. The Hall–Kier alpha value is -1.65. The van der Waals surface area contributed by atoms with Crippen molar-refractivity contribution in [1.29, 1.82) is 0 Å². The van der Waals surface area contributed by atoms with E-state index in [1.807, 2.05) is 0 Å². The first-order valence-corrected chi connectivity index (χ1v) is 10.7. The maximum Gasteiger partial charge on any atom is 0.457 e. The highest BCUT2D eigenvalue weighted by Gasteiger charge is 2.56. The van der Waals surface area contributed by atoms with Crippen LogP contribution < -0.4 is 10.5 Å². The summed E-state index contributed by atoms with van der Waals surface area (Å²) in [5.74, 6) is 0. The second kappa shape index (κ2) is 7.31. The fourth-order valence-electron chi connectivity index (χ4n) is 4.32. The van der Waals surface area contributed by atoms with Crippen molar-refractivity contribution in [3.8, 4) is 0 Å². The average Bonchev–Trinajstić information content (AvgIpc) is 2.86. The van der Waals surface area contributed by atoms with E-state index >= 15 is 0 Å². The minimum Gasteiger partial charge on any atom is -0.409 e. The van der Waals surface area contributed by atoms with Gasteiger partial charge in [-0.25, -0.2) is 0 Å². The number of rotatable bonds is 6. The zero-order valence-corrected chi connectivity index (χ0v) is 17.8. The zero-order chi connectivity index (χ0) is 19.9. The fourth-order valence-corrected chi connectivity index (χ4v) is 4.32. The third-order valence-electron chi connectivity index (χ3n) is 6.72. The lowest BCUT2D eigenvalue weighted by Gasteiger charge is -2.32. The number of benzene rings is 2. The molecule has 28 heavy (non-hydrogen) atoms. The molecule has 2 aromatic carbocycles. The molecule has 2 aliphatic heterocycles. The highest BCUT2D eigenvalue weighted by molar-refractivity contribution is 6.80. The number of hydrogen-bond donors (Lipinski definition) is 2. The van der Waals surface area contributed by atoms with Crippen molar-refractivity contribution in [2.45, 2.75) is 77.2 Å². The Bertz CT molecular complexity index is 799. The molecule has 0 aromatic heterocycles. The quantitative estimate of drug-likeness (QED) is 0.497. The molecule has 4 nitrogen and oxygen atoms in total. The molecular weight excluding hydrogens is 346 g/mol. The monoisotopic (exact) mass is 378 g/mol. The molecule has 0 radical (unpaired) electrons. The van der Waals surface area contributed by atoms with Crippen LogP contribution in [-0.4, -0.2) is 25.3 Å². The van der Waals surface area contributed by atoms with Crippen molar-refractivity contribution in [2.75, 3.05) is 10.5 Å². The van der Waals surface area contributed by atoms with E-state index in [2.05, 4.69) is 81.5 Å². The molecule has 1 fully saturated rings. The Morgan fingerprint density at radius 1 is 0.893 bits per heavy atom. The van der Waals surface area contributed by atoms with Gasteiger partial charge < -0.3 is 19.8 Å². The van der Waals surface area contributed by atoms with Crippen LogP contribution in [0.1, 0.15) is 60.3 Å². The maximum absolute atomic E-state index is 6.47. The molecule has 0 spiro atoms. The molecule has 0 bridgehead atoms. The van der Waals surface area contributed by atoms with Gasteiger partial charge in [-0.1, -0.05) is 56.9 Å². The van der Waals surface area contributed by atoms with Gasteiger partial charge in [0.05, 0.1) is 11.2 Å². The molecule has 0 amide bonds. The van der Waals surface area contributed by atoms with E-state index in [4.69, 9.17) is 9.31 Å². The molecule has 0 aliphatic carbocycles. The van der Waals surface area contributed by atoms with Gasteiger partial charge >= 0.3 is 14.1 Å². The van der Waals surface area contributed by atoms with E-state index in [1.54, 1.807) is 0 Å². The molecule has 1 atom stereocenters. The van der Waals surface area contributed by atoms with Gasteiger partial charge in [0.2, 0.25) is 0 Å². The van der Waals surface area contributed by atoms with E-state index in [9.17, 15) is 0 Å². The van der Waals surface area contributed by atoms with Gasteiger partial charge in [-0.15, -0.1) is 0 Å². The largest absolute Gasteiger partial charge is 0.457 e. The predicted molar refractivity (Wildman–Crippen MR) is 121 cm³/mol. The lowest BCUT2D eigenvalue weighted by molar-refractivity contribution is 0.00578. The molecule has 2 aromatic rings. The average molecular weight is 378 g/mol. The van der Waals surface area contributed by atoms with E-state index in [0.717, 1.165) is 6.42 Å². The van der Waals surface area contributed by atoms with Crippen LogP contribution in [0.25, 0.3) is 10.8 Å². The highest BCUT2D eigenvalue weighted by atomic mass is 16.7. The van der Waals surface area contributed by atoms with Crippen molar-refractivity contribution in [3.63, 3.8) is 0 Å². The summed E-state index contributed by atoms with van der Waals surface area (Å²) in [5.41, 5.74) is 1.97. The van der Waals surface area contributed by atoms with Gasteiger partial charge in [0, 0.05) is 22.5 Å². The standard InChI is InChI=1S/C22H32B2N2O2/c1-6-7-8-15-19(24-27-21(2,3)22(4,5)28-24)23-25-17-13-9-11-16-12-10-14-18(26-23)20(16)17/h9-14,19,25-26H,6-8,15H2,1-5H3. The summed E-state index contributed by atoms with van der Waals surface area (Å²) in [6.45, 7) is 10.9. The lowest BCUT2D eigenvalue weighted by Crippen LogP contribution is -2.48. The van der Waals surface area contributed by atoms with Crippen molar-refractivity contribution >= 4 is 36.2 Å². The van der Waals surface area contributed by atoms with Gasteiger partial charge in [-0.05, 0) is 45.2 Å². The summed E-state index contributed by atoms with van der Waals surface area (Å²) in [6.07, 6.45) is 4.68. The summed E-state index contributed by atoms with van der Waals surface area (Å²) >= 11 is 0. The van der Waals surface area contributed by atoms with E-state index in [0.29, 0.717) is 0 Å². The molecule has 1 unspecified atom stereocenters. The second-order valence-corrected chi connectivity index (χ2v) is 9.26. The Kier molecular flexibility index (Phi) is 5.13. The van der Waals surface area contributed by atoms with E-state index in [1.165, 1.54) is 41.4 Å².